The summed E-state index contributed by atoms with van der Waals surface area (Å²) in [5, 5.41) is 33.6. The lowest BCUT2D eigenvalue weighted by atomic mass is 10.00. The van der Waals surface area contributed by atoms with Crippen LogP contribution in [0.2, 0.25) is 0 Å². The minimum Gasteiger partial charge on any atom is -0.387 e. The maximum absolute atomic E-state index is 13.5. The van der Waals surface area contributed by atoms with Crippen LogP contribution in [-0.4, -0.2) is 57.7 Å². The first-order valence-corrected chi connectivity index (χ1v) is 14.7. The summed E-state index contributed by atoms with van der Waals surface area (Å²) in [6.07, 6.45) is -2.81. The molecule has 13 heteroatoms. The van der Waals surface area contributed by atoms with Gasteiger partial charge in [-0.3, -0.25) is 13.8 Å². The number of thioether (sulfide) groups is 1. The number of pyridine rings is 1. The summed E-state index contributed by atoms with van der Waals surface area (Å²) >= 11 is 1.09. The van der Waals surface area contributed by atoms with E-state index in [0.29, 0.717) is 5.56 Å². The van der Waals surface area contributed by atoms with Crippen LogP contribution in [0.1, 0.15) is 44.4 Å². The first-order chi connectivity index (χ1) is 17.9. The molecule has 0 radical (unpaired) electrons. The van der Waals surface area contributed by atoms with Gasteiger partial charge < -0.3 is 25.8 Å². The second kappa shape index (κ2) is 13.6. The summed E-state index contributed by atoms with van der Waals surface area (Å²) in [7, 11) is -3.90. The molecule has 1 fully saturated rings. The third kappa shape index (κ3) is 8.65. The Balaban J connectivity index is 1.64. The lowest BCUT2D eigenvalue weighted by molar-refractivity contribution is -0.766. The van der Waals surface area contributed by atoms with Crippen molar-refractivity contribution in [2.75, 3.05) is 19.0 Å². The lowest BCUT2D eigenvalue weighted by Crippen LogP contribution is -2.46. The molecule has 6 N–H and O–H groups in total. The minimum absolute atomic E-state index is 0.0136. The molecule has 11 nitrogen and oxygen atoms in total. The Labute approximate surface area is 226 Å². The van der Waals surface area contributed by atoms with Crippen molar-refractivity contribution in [1.29, 1.82) is 0 Å². The third-order valence-corrected chi connectivity index (χ3v) is 8.54. The van der Waals surface area contributed by atoms with E-state index in [-0.39, 0.29) is 30.6 Å². The van der Waals surface area contributed by atoms with Crippen LogP contribution in [0.25, 0.3) is 0 Å². The Morgan fingerprint density at radius 3 is 2.55 bits per heavy atom. The molecule has 1 aliphatic heterocycles. The molecule has 0 aliphatic carbocycles. The van der Waals surface area contributed by atoms with Crippen molar-refractivity contribution in [3.05, 3.63) is 66.0 Å². The normalized spacial score (nSPS) is 24.2. The molecular weight excluding hydrogens is 533 g/mol. The first-order valence-electron chi connectivity index (χ1n) is 12.2. The van der Waals surface area contributed by atoms with E-state index in [2.05, 4.69) is 5.09 Å². The second-order valence-electron chi connectivity index (χ2n) is 9.91. The number of nitrogens with one attached hydrogen (secondary N) is 1. The molecule has 210 valence electrons. The molecule has 2 heterocycles. The number of aliphatic hydroxyl groups is 3. The molecule has 0 amide bonds. The van der Waals surface area contributed by atoms with Gasteiger partial charge >= 0.3 is 7.75 Å². The number of rotatable bonds is 12. The highest BCUT2D eigenvalue weighted by Crippen LogP contribution is 2.45. The van der Waals surface area contributed by atoms with Crippen molar-refractivity contribution in [2.24, 2.45) is 11.1 Å². The van der Waals surface area contributed by atoms with Crippen LogP contribution in [0.4, 0.5) is 0 Å². The van der Waals surface area contributed by atoms with Crippen LogP contribution in [-0.2, 0) is 29.7 Å². The zero-order chi connectivity index (χ0) is 27.9. The topological polar surface area (TPSA) is 164 Å². The maximum atomic E-state index is 13.5. The van der Waals surface area contributed by atoms with Crippen molar-refractivity contribution in [3.8, 4) is 0 Å². The van der Waals surface area contributed by atoms with Crippen LogP contribution in [0, 0.1) is 5.41 Å². The smallest absolute Gasteiger partial charge is 0.387 e. The van der Waals surface area contributed by atoms with Gasteiger partial charge in [0.2, 0.25) is 0 Å². The van der Waals surface area contributed by atoms with Crippen molar-refractivity contribution in [1.82, 2.24) is 5.09 Å². The standard InChI is InChI=1S/C25H37N3O8PS/c1-25(2,3)24(32)38-13-12-34-37(33,27-14-17-8-5-4-6-9-17)35-16-19-20(29)21(30)23(36-19)28-11-7-10-18(15-28)22(26)31/h4-11,15,19-23,29-31H,12-14,16,26H2,1-3H3,(H,27,33)/q+1. The van der Waals surface area contributed by atoms with E-state index in [4.69, 9.17) is 19.5 Å². The number of carbonyl (C=O) groups is 1. The van der Waals surface area contributed by atoms with Gasteiger partial charge in [-0.25, -0.2) is 9.65 Å². The van der Waals surface area contributed by atoms with Crippen LogP contribution in [0.5, 0.6) is 0 Å². The Morgan fingerprint density at radius 1 is 1.18 bits per heavy atom. The van der Waals surface area contributed by atoms with Gasteiger partial charge in [0.05, 0.1) is 18.8 Å². The molecule has 3 rings (SSSR count). The van der Waals surface area contributed by atoms with Crippen molar-refractivity contribution >= 4 is 24.6 Å². The van der Waals surface area contributed by atoms with Crippen LogP contribution in [0.3, 0.4) is 0 Å². The van der Waals surface area contributed by atoms with Gasteiger partial charge in [0.15, 0.2) is 23.6 Å². The zero-order valence-electron chi connectivity index (χ0n) is 21.7. The lowest BCUT2D eigenvalue weighted by Gasteiger charge is -2.22. The van der Waals surface area contributed by atoms with E-state index >= 15 is 0 Å². The maximum Gasteiger partial charge on any atom is 0.405 e. The van der Waals surface area contributed by atoms with Crippen LogP contribution >= 0.6 is 19.5 Å². The Bertz CT molecular complexity index is 1100. The van der Waals surface area contributed by atoms with E-state index in [1.54, 1.807) is 18.3 Å². The number of nitrogens with zero attached hydrogens (tertiary/aromatic N) is 1. The number of benzene rings is 1. The zero-order valence-corrected chi connectivity index (χ0v) is 23.4. The summed E-state index contributed by atoms with van der Waals surface area (Å²) in [6, 6.07) is 12.5. The SMILES string of the molecule is CC(C)(C)C(=O)SCCOP(=O)(NCc1ccccc1)OCC1OC([n+]2cccc(C(N)O)c2)C(O)C1O. The highest BCUT2D eigenvalue weighted by Gasteiger charge is 2.49. The fourth-order valence-electron chi connectivity index (χ4n) is 3.55. The fourth-order valence-corrected chi connectivity index (χ4v) is 5.77. The van der Waals surface area contributed by atoms with Gasteiger partial charge in [-0.05, 0) is 11.6 Å². The molecule has 6 atom stereocenters. The van der Waals surface area contributed by atoms with Crippen molar-refractivity contribution < 1.29 is 43.0 Å². The molecule has 6 unspecified atom stereocenters. The number of hydrogen-bond acceptors (Lipinski definition) is 10. The molecule has 0 spiro atoms. The van der Waals surface area contributed by atoms with Crippen molar-refractivity contribution in [2.45, 2.75) is 58.1 Å². The monoisotopic (exact) mass is 570 g/mol. The van der Waals surface area contributed by atoms with Gasteiger partial charge in [-0.15, -0.1) is 0 Å². The molecule has 38 heavy (non-hydrogen) atoms. The molecule has 0 saturated carbocycles. The number of hydrogen-bond donors (Lipinski definition) is 5. The molecular formula is C25H37N3O8PS+. The molecule has 1 aromatic heterocycles. The third-order valence-electron chi connectivity index (χ3n) is 5.74. The first kappa shape index (κ1) is 30.8. The summed E-state index contributed by atoms with van der Waals surface area (Å²) < 4.78 is 32.1. The summed E-state index contributed by atoms with van der Waals surface area (Å²) in [5.74, 6) is 0.278. The Hall–Kier alpha value is -1.70. The van der Waals surface area contributed by atoms with E-state index in [1.165, 1.54) is 10.8 Å². The highest BCUT2D eigenvalue weighted by molar-refractivity contribution is 8.13. The van der Waals surface area contributed by atoms with E-state index in [0.717, 1.165) is 17.3 Å². The molecule has 1 aliphatic rings. The summed E-state index contributed by atoms with van der Waals surface area (Å²) in [5.41, 5.74) is 6.25. The van der Waals surface area contributed by atoms with E-state index < -0.39 is 43.9 Å². The molecule has 0 bridgehead atoms. The van der Waals surface area contributed by atoms with Gasteiger partial charge in [-0.1, -0.05) is 62.9 Å². The van der Waals surface area contributed by atoms with E-state index in [9.17, 15) is 24.7 Å². The average molecular weight is 571 g/mol. The number of aliphatic hydroxyl groups excluding tert-OH is 3. The Kier molecular flexibility index (Phi) is 11.0. The van der Waals surface area contributed by atoms with E-state index in [1.807, 2.05) is 51.1 Å². The summed E-state index contributed by atoms with van der Waals surface area (Å²) in [4.78, 5) is 12.2. The molecule has 1 aromatic carbocycles. The molecule has 1 saturated heterocycles. The fraction of sp³-hybridized carbons (Fsp3) is 0.520. The van der Waals surface area contributed by atoms with Gasteiger partial charge in [0, 0.05) is 23.8 Å². The van der Waals surface area contributed by atoms with Gasteiger partial charge in [0.25, 0.3) is 6.23 Å². The predicted octanol–water partition coefficient (Wildman–Crippen LogP) is 1.78. The predicted molar refractivity (Wildman–Crippen MR) is 141 cm³/mol. The largest absolute Gasteiger partial charge is 0.405 e. The molecule has 2 aromatic rings. The second-order valence-corrected chi connectivity index (χ2v) is 12.8. The number of nitrogens with two attached hydrogens (primary N) is 1. The highest BCUT2D eigenvalue weighted by atomic mass is 32.2. The van der Waals surface area contributed by atoms with Gasteiger partial charge in [0.1, 0.15) is 18.4 Å². The van der Waals surface area contributed by atoms with Crippen molar-refractivity contribution in [3.63, 3.8) is 0 Å². The van der Waals surface area contributed by atoms with Gasteiger partial charge in [-0.2, -0.15) is 4.57 Å². The number of aromatic nitrogens is 1. The number of ether oxygens (including phenoxy) is 1. The average Bonchev–Trinajstić information content (AvgIpc) is 3.17. The minimum atomic E-state index is -3.90. The van der Waals surface area contributed by atoms with Crippen LogP contribution < -0.4 is 15.4 Å². The Morgan fingerprint density at radius 2 is 1.89 bits per heavy atom. The summed E-state index contributed by atoms with van der Waals surface area (Å²) in [6.45, 7) is 5.28. The quantitative estimate of drug-likeness (QED) is 0.109. The number of carbonyl (C=O) groups excluding carboxylic acids is 1. The van der Waals surface area contributed by atoms with Crippen LogP contribution in [0.15, 0.2) is 54.9 Å².